The van der Waals surface area contributed by atoms with Crippen molar-refractivity contribution in [1.29, 1.82) is 0 Å². The lowest BCUT2D eigenvalue weighted by molar-refractivity contribution is -0.193. The Morgan fingerprint density at radius 3 is 1.77 bits per heavy atom. The van der Waals surface area contributed by atoms with E-state index in [9.17, 15) is 31.1 Å². The van der Waals surface area contributed by atoms with Crippen molar-refractivity contribution in [1.82, 2.24) is 10.6 Å². The van der Waals surface area contributed by atoms with Crippen LogP contribution in [0.25, 0.3) is 6.08 Å². The van der Waals surface area contributed by atoms with Gasteiger partial charge in [-0.3, -0.25) is 4.79 Å². The van der Waals surface area contributed by atoms with E-state index in [2.05, 4.69) is 54.0 Å². The van der Waals surface area contributed by atoms with Crippen LogP contribution >= 0.6 is 0 Å². The molecule has 2 aliphatic carbocycles. The van der Waals surface area contributed by atoms with E-state index < -0.39 is 30.3 Å². The number of carbonyl (C=O) groups is 3. The van der Waals surface area contributed by atoms with Gasteiger partial charge in [0.1, 0.15) is 0 Å². The largest absolute Gasteiger partial charge is 0.490 e. The van der Waals surface area contributed by atoms with Gasteiger partial charge in [0.15, 0.2) is 0 Å². The zero-order valence-corrected chi connectivity index (χ0v) is 21.8. The highest BCUT2D eigenvalue weighted by Crippen LogP contribution is 2.40. The molecular formula is C26H34F6N2O6. The monoisotopic (exact) mass is 584 g/mol. The number of alkyl halides is 6. The van der Waals surface area contributed by atoms with Crippen LogP contribution in [0.1, 0.15) is 57.4 Å². The second kappa shape index (κ2) is 16.2. The molecule has 0 aliphatic heterocycles. The van der Waals surface area contributed by atoms with Crippen molar-refractivity contribution in [3.63, 3.8) is 0 Å². The Hall–Kier alpha value is -3.13. The molecule has 3 rings (SSSR count). The summed E-state index contributed by atoms with van der Waals surface area (Å²) in [5, 5.41) is 30.2. The van der Waals surface area contributed by atoms with Gasteiger partial charge < -0.3 is 26.0 Å². The normalized spacial score (nSPS) is 22.6. The summed E-state index contributed by atoms with van der Waals surface area (Å²) in [5.74, 6) is -5.53. The first kappa shape index (κ1) is 34.9. The summed E-state index contributed by atoms with van der Waals surface area (Å²) in [6.45, 7) is 2.85. The molecule has 0 bridgehead atoms. The number of hydrogen-bond acceptors (Lipinski definition) is 5. The Morgan fingerprint density at radius 2 is 1.35 bits per heavy atom. The van der Waals surface area contributed by atoms with E-state index in [1.54, 1.807) is 5.57 Å². The molecule has 14 heteroatoms. The van der Waals surface area contributed by atoms with Gasteiger partial charge in [-0.05, 0) is 50.0 Å². The standard InChI is InChI=1S/C22H32N2O2.2C2HF3O2/c1-2-17(14-16-6-4-3-5-7-16)20-15-21(20)24-19-10-8-18(9-11-19)23-13-12-22(25)26;2*3-2(4,5)1(6)7/h3-7,14,18-21,23-24H,2,8-13,15H2,1H3,(H,25,26);2*(H,6,7)/t18-,19-,20-,21+;;/m0../s1. The molecule has 2 aliphatic rings. The Bertz CT molecular complexity index is 952. The van der Waals surface area contributed by atoms with Gasteiger partial charge in [-0.2, -0.15) is 26.3 Å². The van der Waals surface area contributed by atoms with Gasteiger partial charge >= 0.3 is 30.3 Å². The molecule has 1 aromatic carbocycles. The summed E-state index contributed by atoms with van der Waals surface area (Å²) in [6.07, 6.45) is -0.508. The highest BCUT2D eigenvalue weighted by Gasteiger charge is 2.41. The van der Waals surface area contributed by atoms with Crippen molar-refractivity contribution in [2.24, 2.45) is 5.92 Å². The van der Waals surface area contributed by atoms with Crippen molar-refractivity contribution in [3.8, 4) is 0 Å². The van der Waals surface area contributed by atoms with Gasteiger partial charge in [-0.1, -0.05) is 48.9 Å². The van der Waals surface area contributed by atoms with Crippen LogP contribution in [0.3, 0.4) is 0 Å². The van der Waals surface area contributed by atoms with Gasteiger partial charge in [0.2, 0.25) is 0 Å². The van der Waals surface area contributed by atoms with Crippen LogP contribution < -0.4 is 10.6 Å². The summed E-state index contributed by atoms with van der Waals surface area (Å²) >= 11 is 0. The lowest BCUT2D eigenvalue weighted by Crippen LogP contribution is -2.41. The molecule has 0 radical (unpaired) electrons. The van der Waals surface area contributed by atoms with Crippen LogP contribution in [0.4, 0.5) is 26.3 Å². The number of benzene rings is 1. The fraction of sp³-hybridized carbons (Fsp3) is 0.577. The van der Waals surface area contributed by atoms with E-state index >= 15 is 0 Å². The fourth-order valence-corrected chi connectivity index (χ4v) is 4.17. The highest BCUT2D eigenvalue weighted by molar-refractivity contribution is 5.73. The maximum atomic E-state index is 10.6. The third kappa shape index (κ3) is 14.3. The average molecular weight is 585 g/mol. The van der Waals surface area contributed by atoms with Crippen molar-refractivity contribution < 1.29 is 56.0 Å². The number of carboxylic acid groups (broad SMARTS) is 3. The van der Waals surface area contributed by atoms with Gasteiger partial charge in [0.05, 0.1) is 6.42 Å². The SMILES string of the molecule is CCC(=Cc1ccccc1)[C@@H]1C[C@H]1N[C@H]1CC[C@H](NCCC(=O)O)CC1.O=C(O)C(F)(F)F.O=C(O)C(F)(F)F. The Kier molecular flexibility index (Phi) is 14.1. The minimum atomic E-state index is -5.08. The van der Waals surface area contributed by atoms with E-state index in [0.29, 0.717) is 30.6 Å². The number of hydrogen-bond donors (Lipinski definition) is 5. The third-order valence-electron chi connectivity index (χ3n) is 6.26. The molecule has 2 fully saturated rings. The Labute approximate surface area is 227 Å². The molecule has 0 aromatic heterocycles. The number of aliphatic carboxylic acids is 3. The molecule has 0 amide bonds. The lowest BCUT2D eigenvalue weighted by Gasteiger charge is -2.30. The molecule has 0 heterocycles. The molecule has 40 heavy (non-hydrogen) atoms. The van der Waals surface area contributed by atoms with Crippen molar-refractivity contribution in [2.45, 2.75) is 82.3 Å². The molecule has 226 valence electrons. The zero-order chi connectivity index (χ0) is 30.5. The Balaban J connectivity index is 0.000000473. The number of nitrogens with one attached hydrogen (secondary N) is 2. The summed E-state index contributed by atoms with van der Waals surface area (Å²) in [7, 11) is 0. The molecule has 2 atom stereocenters. The van der Waals surface area contributed by atoms with Crippen LogP contribution in [-0.4, -0.2) is 70.3 Å². The number of halogens is 6. The van der Waals surface area contributed by atoms with Crippen LogP contribution in [-0.2, 0) is 14.4 Å². The zero-order valence-electron chi connectivity index (χ0n) is 21.8. The minimum Gasteiger partial charge on any atom is -0.481 e. The van der Waals surface area contributed by atoms with E-state index in [-0.39, 0.29) is 6.42 Å². The number of rotatable bonds is 9. The maximum Gasteiger partial charge on any atom is 0.490 e. The lowest BCUT2D eigenvalue weighted by atomic mass is 9.91. The Morgan fingerprint density at radius 1 is 0.875 bits per heavy atom. The molecule has 8 nitrogen and oxygen atoms in total. The van der Waals surface area contributed by atoms with Crippen molar-refractivity contribution >= 4 is 24.0 Å². The first-order chi connectivity index (χ1) is 18.5. The van der Waals surface area contributed by atoms with E-state index in [4.69, 9.17) is 24.9 Å². The first-order valence-corrected chi connectivity index (χ1v) is 12.6. The predicted octanol–water partition coefficient (Wildman–Crippen LogP) is 5.10. The second-order valence-corrected chi connectivity index (χ2v) is 9.35. The van der Waals surface area contributed by atoms with E-state index in [0.717, 1.165) is 19.3 Å². The molecule has 5 N–H and O–H groups in total. The molecule has 0 unspecified atom stereocenters. The first-order valence-electron chi connectivity index (χ1n) is 12.6. The van der Waals surface area contributed by atoms with Gasteiger partial charge in [0.25, 0.3) is 0 Å². The van der Waals surface area contributed by atoms with E-state index in [1.807, 2.05) is 0 Å². The topological polar surface area (TPSA) is 136 Å². The van der Waals surface area contributed by atoms with E-state index in [1.165, 1.54) is 24.8 Å². The average Bonchev–Trinajstić information content (AvgIpc) is 3.62. The smallest absolute Gasteiger partial charge is 0.481 e. The van der Waals surface area contributed by atoms with Crippen LogP contribution in [0.5, 0.6) is 0 Å². The fourth-order valence-electron chi connectivity index (χ4n) is 4.17. The maximum absolute atomic E-state index is 10.6. The molecule has 0 spiro atoms. The highest BCUT2D eigenvalue weighted by atomic mass is 19.4. The predicted molar refractivity (Wildman–Crippen MR) is 133 cm³/mol. The molecule has 0 saturated heterocycles. The molecular weight excluding hydrogens is 550 g/mol. The third-order valence-corrected chi connectivity index (χ3v) is 6.26. The quantitative estimate of drug-likeness (QED) is 0.253. The molecule has 1 aromatic rings. The second-order valence-electron chi connectivity index (χ2n) is 9.35. The van der Waals surface area contributed by atoms with Crippen LogP contribution in [0, 0.1) is 5.92 Å². The molecule has 2 saturated carbocycles. The summed E-state index contributed by atoms with van der Waals surface area (Å²) in [6, 6.07) is 12.4. The number of carboxylic acids is 3. The summed E-state index contributed by atoms with van der Waals surface area (Å²) in [5.41, 5.74) is 2.88. The van der Waals surface area contributed by atoms with Gasteiger partial charge in [-0.25, -0.2) is 9.59 Å². The summed E-state index contributed by atoms with van der Waals surface area (Å²) < 4.78 is 63.5. The van der Waals surface area contributed by atoms with Gasteiger partial charge in [-0.15, -0.1) is 0 Å². The van der Waals surface area contributed by atoms with Crippen LogP contribution in [0.15, 0.2) is 35.9 Å². The van der Waals surface area contributed by atoms with Gasteiger partial charge in [0, 0.05) is 24.7 Å². The minimum absolute atomic E-state index is 0.218. The van der Waals surface area contributed by atoms with Crippen molar-refractivity contribution in [3.05, 3.63) is 41.5 Å². The summed E-state index contributed by atoms with van der Waals surface area (Å²) in [4.78, 5) is 28.4. The van der Waals surface area contributed by atoms with Crippen molar-refractivity contribution in [2.75, 3.05) is 6.54 Å². The van der Waals surface area contributed by atoms with Crippen LogP contribution in [0.2, 0.25) is 0 Å².